The Hall–Kier alpha value is -2.17. The SMILES string of the molecule is CCCCCCCC(=O)OC(=O)c1cccc(C(=O)OC)c1. The van der Waals surface area contributed by atoms with Crippen molar-refractivity contribution in [3.05, 3.63) is 35.4 Å². The molecule has 0 unspecified atom stereocenters. The largest absolute Gasteiger partial charge is 0.465 e. The second kappa shape index (κ2) is 9.71. The lowest BCUT2D eigenvalue weighted by atomic mass is 10.1. The molecule has 0 bridgehead atoms. The average molecular weight is 306 g/mol. The van der Waals surface area contributed by atoms with Crippen molar-refractivity contribution < 1.29 is 23.9 Å². The topological polar surface area (TPSA) is 69.7 Å². The predicted molar refractivity (Wildman–Crippen MR) is 81.6 cm³/mol. The van der Waals surface area contributed by atoms with Crippen molar-refractivity contribution in [3.8, 4) is 0 Å². The van der Waals surface area contributed by atoms with Crippen molar-refractivity contribution in [2.45, 2.75) is 45.4 Å². The number of ether oxygens (including phenoxy) is 2. The molecular formula is C17H22O5. The highest BCUT2D eigenvalue weighted by molar-refractivity contribution is 5.99. The zero-order valence-electron chi connectivity index (χ0n) is 13.1. The molecule has 0 aromatic heterocycles. The molecule has 0 atom stereocenters. The van der Waals surface area contributed by atoms with Gasteiger partial charge in [-0.25, -0.2) is 9.59 Å². The summed E-state index contributed by atoms with van der Waals surface area (Å²) in [5.74, 6) is -1.83. The molecule has 1 aromatic carbocycles. The highest BCUT2D eigenvalue weighted by Crippen LogP contribution is 2.10. The minimum atomic E-state index is -0.746. The molecule has 22 heavy (non-hydrogen) atoms. The number of esters is 3. The number of unbranched alkanes of at least 4 members (excludes halogenated alkanes) is 4. The number of hydrogen-bond donors (Lipinski definition) is 0. The molecule has 0 fully saturated rings. The fraction of sp³-hybridized carbons (Fsp3) is 0.471. The van der Waals surface area contributed by atoms with Crippen molar-refractivity contribution in [1.29, 1.82) is 0 Å². The van der Waals surface area contributed by atoms with E-state index >= 15 is 0 Å². The Morgan fingerprint density at radius 2 is 1.59 bits per heavy atom. The molecule has 0 saturated carbocycles. The summed E-state index contributed by atoms with van der Waals surface area (Å²) in [7, 11) is 1.26. The normalized spacial score (nSPS) is 10.1. The smallest absolute Gasteiger partial charge is 0.345 e. The van der Waals surface area contributed by atoms with E-state index in [0.29, 0.717) is 6.42 Å². The summed E-state index contributed by atoms with van der Waals surface area (Å²) in [6.07, 6.45) is 5.27. The Morgan fingerprint density at radius 1 is 0.955 bits per heavy atom. The van der Waals surface area contributed by atoms with E-state index in [-0.39, 0.29) is 17.5 Å². The quantitative estimate of drug-likeness (QED) is 0.417. The van der Waals surface area contributed by atoms with Crippen molar-refractivity contribution in [2.75, 3.05) is 7.11 Å². The van der Waals surface area contributed by atoms with Crippen LogP contribution >= 0.6 is 0 Å². The van der Waals surface area contributed by atoms with Gasteiger partial charge in [0.2, 0.25) is 0 Å². The molecule has 5 heteroatoms. The highest BCUT2D eigenvalue weighted by atomic mass is 16.6. The number of rotatable bonds is 8. The van der Waals surface area contributed by atoms with Crippen LogP contribution in [0.25, 0.3) is 0 Å². The first kappa shape index (κ1) is 17.9. The van der Waals surface area contributed by atoms with Gasteiger partial charge in [-0.2, -0.15) is 0 Å². The molecular weight excluding hydrogens is 284 g/mol. The molecule has 0 N–H and O–H groups in total. The molecule has 5 nitrogen and oxygen atoms in total. The molecule has 0 aliphatic carbocycles. The summed E-state index contributed by atoms with van der Waals surface area (Å²) >= 11 is 0. The summed E-state index contributed by atoms with van der Waals surface area (Å²) in [6.45, 7) is 2.12. The first-order valence-electron chi connectivity index (χ1n) is 7.52. The Morgan fingerprint density at radius 3 is 2.23 bits per heavy atom. The molecule has 0 aliphatic heterocycles. The average Bonchev–Trinajstić information content (AvgIpc) is 2.54. The van der Waals surface area contributed by atoms with E-state index in [1.165, 1.54) is 31.4 Å². The third-order valence-corrected chi connectivity index (χ3v) is 3.21. The fourth-order valence-corrected chi connectivity index (χ4v) is 1.98. The first-order valence-corrected chi connectivity index (χ1v) is 7.52. The van der Waals surface area contributed by atoms with Gasteiger partial charge in [-0.15, -0.1) is 0 Å². The van der Waals surface area contributed by atoms with E-state index in [4.69, 9.17) is 4.74 Å². The third-order valence-electron chi connectivity index (χ3n) is 3.21. The van der Waals surface area contributed by atoms with Crippen LogP contribution in [0.5, 0.6) is 0 Å². The summed E-state index contributed by atoms with van der Waals surface area (Å²) in [4.78, 5) is 34.9. The van der Waals surface area contributed by atoms with Gasteiger partial charge >= 0.3 is 17.9 Å². The van der Waals surface area contributed by atoms with Gasteiger partial charge < -0.3 is 9.47 Å². The van der Waals surface area contributed by atoms with E-state index in [2.05, 4.69) is 11.7 Å². The fourth-order valence-electron chi connectivity index (χ4n) is 1.98. The lowest BCUT2D eigenvalue weighted by Gasteiger charge is -2.05. The maximum atomic E-state index is 11.9. The van der Waals surface area contributed by atoms with Crippen LogP contribution in [0.1, 0.15) is 66.2 Å². The van der Waals surface area contributed by atoms with E-state index < -0.39 is 17.9 Å². The number of carbonyl (C=O) groups is 3. The zero-order valence-corrected chi connectivity index (χ0v) is 13.1. The van der Waals surface area contributed by atoms with Crippen LogP contribution in [-0.2, 0) is 14.3 Å². The minimum Gasteiger partial charge on any atom is -0.465 e. The summed E-state index contributed by atoms with van der Waals surface area (Å²) in [5.41, 5.74) is 0.395. The van der Waals surface area contributed by atoms with Gasteiger partial charge in [0.05, 0.1) is 18.2 Å². The molecule has 1 rings (SSSR count). The Bertz CT molecular complexity index is 522. The minimum absolute atomic E-state index is 0.155. The molecule has 0 heterocycles. The molecule has 0 amide bonds. The number of benzene rings is 1. The standard InChI is InChI=1S/C17H22O5/c1-3-4-5-6-7-11-15(18)22-17(20)14-10-8-9-13(12-14)16(19)21-2/h8-10,12H,3-7,11H2,1-2H3. The maximum Gasteiger partial charge on any atom is 0.345 e. The Kier molecular flexibility index (Phi) is 7.89. The number of hydrogen-bond acceptors (Lipinski definition) is 5. The van der Waals surface area contributed by atoms with E-state index in [9.17, 15) is 14.4 Å². The second-order valence-electron chi connectivity index (χ2n) is 5.00. The van der Waals surface area contributed by atoms with Crippen molar-refractivity contribution >= 4 is 17.9 Å². The Balaban J connectivity index is 2.47. The second-order valence-corrected chi connectivity index (χ2v) is 5.00. The number of carbonyl (C=O) groups excluding carboxylic acids is 3. The van der Waals surface area contributed by atoms with Crippen molar-refractivity contribution in [2.24, 2.45) is 0 Å². The van der Waals surface area contributed by atoms with Crippen LogP contribution in [0.15, 0.2) is 24.3 Å². The van der Waals surface area contributed by atoms with Crippen LogP contribution in [0, 0.1) is 0 Å². The molecule has 120 valence electrons. The molecule has 0 spiro atoms. The lowest BCUT2D eigenvalue weighted by Crippen LogP contribution is -2.13. The van der Waals surface area contributed by atoms with Gasteiger partial charge in [-0.1, -0.05) is 38.7 Å². The zero-order chi connectivity index (χ0) is 16.4. The predicted octanol–water partition coefficient (Wildman–Crippen LogP) is 3.52. The molecule has 1 aromatic rings. The van der Waals surface area contributed by atoms with E-state index in [1.807, 2.05) is 0 Å². The van der Waals surface area contributed by atoms with Gasteiger partial charge in [0.25, 0.3) is 0 Å². The molecule has 0 radical (unpaired) electrons. The van der Waals surface area contributed by atoms with Crippen LogP contribution < -0.4 is 0 Å². The van der Waals surface area contributed by atoms with Gasteiger partial charge in [0, 0.05) is 6.42 Å². The van der Waals surface area contributed by atoms with Gasteiger partial charge in [-0.05, 0) is 24.6 Å². The van der Waals surface area contributed by atoms with E-state index in [0.717, 1.165) is 25.7 Å². The number of methoxy groups -OCH3 is 1. The van der Waals surface area contributed by atoms with Crippen LogP contribution in [-0.4, -0.2) is 25.0 Å². The third kappa shape index (κ3) is 6.08. The molecule has 0 aliphatic rings. The van der Waals surface area contributed by atoms with Gasteiger partial charge in [0.1, 0.15) is 0 Å². The van der Waals surface area contributed by atoms with Crippen molar-refractivity contribution in [1.82, 2.24) is 0 Å². The van der Waals surface area contributed by atoms with Gasteiger partial charge in [0.15, 0.2) is 0 Å². The van der Waals surface area contributed by atoms with Crippen LogP contribution in [0.3, 0.4) is 0 Å². The summed E-state index contributed by atoms with van der Waals surface area (Å²) in [5, 5.41) is 0. The highest BCUT2D eigenvalue weighted by Gasteiger charge is 2.15. The van der Waals surface area contributed by atoms with Crippen molar-refractivity contribution in [3.63, 3.8) is 0 Å². The van der Waals surface area contributed by atoms with Crippen LogP contribution in [0.2, 0.25) is 0 Å². The summed E-state index contributed by atoms with van der Waals surface area (Å²) < 4.78 is 9.36. The summed E-state index contributed by atoms with van der Waals surface area (Å²) in [6, 6.07) is 5.90. The van der Waals surface area contributed by atoms with Gasteiger partial charge in [-0.3, -0.25) is 4.79 Å². The van der Waals surface area contributed by atoms with E-state index in [1.54, 1.807) is 0 Å². The molecule has 0 saturated heterocycles. The first-order chi connectivity index (χ1) is 10.6. The lowest BCUT2D eigenvalue weighted by molar-refractivity contribution is -0.138. The maximum absolute atomic E-state index is 11.9. The monoisotopic (exact) mass is 306 g/mol. The van der Waals surface area contributed by atoms with Crippen LogP contribution in [0.4, 0.5) is 0 Å². The Labute approximate surface area is 130 Å².